The average molecular weight is 284 g/mol. The van der Waals surface area contributed by atoms with Gasteiger partial charge in [-0.05, 0) is 30.3 Å². The number of phenolic OH excluding ortho intramolecular Hbond substituents is 1. The van der Waals surface area contributed by atoms with E-state index in [2.05, 4.69) is 10.6 Å². The van der Waals surface area contributed by atoms with Crippen LogP contribution < -0.4 is 10.6 Å². The van der Waals surface area contributed by atoms with E-state index in [0.29, 0.717) is 23.4 Å². The molecule has 5 heteroatoms. The molecule has 2 rings (SSSR count). The van der Waals surface area contributed by atoms with Crippen molar-refractivity contribution in [2.75, 3.05) is 10.6 Å². The fourth-order valence-corrected chi connectivity index (χ4v) is 1.76. The van der Waals surface area contributed by atoms with Crippen molar-refractivity contribution in [1.82, 2.24) is 0 Å². The van der Waals surface area contributed by atoms with Crippen molar-refractivity contribution in [2.24, 2.45) is 0 Å². The monoisotopic (exact) mass is 284 g/mol. The van der Waals surface area contributed by atoms with E-state index >= 15 is 0 Å². The number of hydrogen-bond acceptors (Lipinski definition) is 3. The quantitative estimate of drug-likeness (QED) is 0.755. The summed E-state index contributed by atoms with van der Waals surface area (Å²) in [5.41, 5.74) is 1.30. The molecule has 0 atom stereocenters. The smallest absolute Gasteiger partial charge is 0.255 e. The number of rotatable bonds is 4. The third kappa shape index (κ3) is 3.82. The summed E-state index contributed by atoms with van der Waals surface area (Å²) in [5, 5.41) is 15.0. The highest BCUT2D eigenvalue weighted by molar-refractivity contribution is 6.06. The zero-order valence-electron chi connectivity index (χ0n) is 11.6. The van der Waals surface area contributed by atoms with Crippen molar-refractivity contribution in [3.8, 4) is 5.75 Å². The van der Waals surface area contributed by atoms with Gasteiger partial charge in [-0.2, -0.15) is 0 Å². The van der Waals surface area contributed by atoms with Gasteiger partial charge in [0.25, 0.3) is 5.91 Å². The number of nitrogens with one attached hydrogen (secondary N) is 2. The van der Waals surface area contributed by atoms with E-state index in [9.17, 15) is 14.7 Å². The number of anilines is 2. The Morgan fingerprint density at radius 3 is 2.52 bits per heavy atom. The molecule has 0 heterocycles. The molecule has 0 saturated carbocycles. The van der Waals surface area contributed by atoms with E-state index < -0.39 is 0 Å². The Kier molecular flexibility index (Phi) is 4.56. The van der Waals surface area contributed by atoms with Crippen LogP contribution in [0.2, 0.25) is 0 Å². The lowest BCUT2D eigenvalue weighted by molar-refractivity contribution is -0.115. The van der Waals surface area contributed by atoms with Crippen LogP contribution in [0.3, 0.4) is 0 Å². The van der Waals surface area contributed by atoms with Gasteiger partial charge in [-0.25, -0.2) is 0 Å². The third-order valence-corrected chi connectivity index (χ3v) is 2.88. The number of phenols is 1. The van der Waals surface area contributed by atoms with Gasteiger partial charge in [-0.3, -0.25) is 9.59 Å². The topological polar surface area (TPSA) is 78.4 Å². The highest BCUT2D eigenvalue weighted by Gasteiger charge is 2.09. The number of amides is 2. The lowest BCUT2D eigenvalue weighted by Gasteiger charge is -2.09. The predicted octanol–water partition coefficient (Wildman–Crippen LogP) is 2.99. The van der Waals surface area contributed by atoms with Crippen molar-refractivity contribution in [3.63, 3.8) is 0 Å². The van der Waals surface area contributed by atoms with Gasteiger partial charge in [0.1, 0.15) is 5.75 Å². The van der Waals surface area contributed by atoms with Gasteiger partial charge in [0.05, 0.1) is 5.69 Å². The zero-order chi connectivity index (χ0) is 15.2. The lowest BCUT2D eigenvalue weighted by Crippen LogP contribution is -2.14. The minimum atomic E-state index is -0.357. The van der Waals surface area contributed by atoms with E-state index in [-0.39, 0.29) is 17.6 Å². The Morgan fingerprint density at radius 2 is 1.81 bits per heavy atom. The summed E-state index contributed by atoms with van der Waals surface area (Å²) in [6, 6.07) is 13.1. The minimum Gasteiger partial charge on any atom is -0.506 e. The maximum atomic E-state index is 12.1. The molecule has 0 aromatic heterocycles. The summed E-state index contributed by atoms with van der Waals surface area (Å²) in [6.07, 6.45) is 0.369. The van der Waals surface area contributed by atoms with E-state index in [4.69, 9.17) is 0 Å². The minimum absolute atomic E-state index is 0.00119. The van der Waals surface area contributed by atoms with Crippen molar-refractivity contribution < 1.29 is 14.7 Å². The van der Waals surface area contributed by atoms with Crippen molar-refractivity contribution in [3.05, 3.63) is 54.1 Å². The molecule has 0 aliphatic carbocycles. The maximum absolute atomic E-state index is 12.1. The number of carbonyl (C=O) groups is 2. The summed E-state index contributed by atoms with van der Waals surface area (Å²) >= 11 is 0. The molecule has 0 spiro atoms. The van der Waals surface area contributed by atoms with Gasteiger partial charge in [0.15, 0.2) is 0 Å². The Labute approximate surface area is 122 Å². The predicted molar refractivity (Wildman–Crippen MR) is 81.4 cm³/mol. The van der Waals surface area contributed by atoms with Gasteiger partial charge in [-0.1, -0.05) is 25.1 Å². The first-order valence-electron chi connectivity index (χ1n) is 6.59. The first kappa shape index (κ1) is 14.6. The molecular formula is C16H16N2O3. The average Bonchev–Trinajstić information content (AvgIpc) is 2.49. The fourth-order valence-electron chi connectivity index (χ4n) is 1.76. The summed E-state index contributed by atoms with van der Waals surface area (Å²) in [7, 11) is 0. The molecule has 0 saturated heterocycles. The molecule has 0 bridgehead atoms. The first-order valence-corrected chi connectivity index (χ1v) is 6.59. The normalized spacial score (nSPS) is 9.95. The molecule has 21 heavy (non-hydrogen) atoms. The summed E-state index contributed by atoms with van der Waals surface area (Å²) < 4.78 is 0. The first-order chi connectivity index (χ1) is 10.1. The van der Waals surface area contributed by atoms with E-state index in [1.165, 1.54) is 6.07 Å². The maximum Gasteiger partial charge on any atom is 0.255 e. The van der Waals surface area contributed by atoms with Gasteiger partial charge in [0.2, 0.25) is 5.91 Å². The molecule has 108 valence electrons. The number of para-hydroxylation sites is 2. The summed E-state index contributed by atoms with van der Waals surface area (Å²) in [5.74, 6) is -0.473. The van der Waals surface area contributed by atoms with Gasteiger partial charge >= 0.3 is 0 Å². The Hall–Kier alpha value is -2.82. The third-order valence-electron chi connectivity index (χ3n) is 2.88. The summed E-state index contributed by atoms with van der Waals surface area (Å²) in [6.45, 7) is 1.75. The largest absolute Gasteiger partial charge is 0.506 e. The van der Waals surface area contributed by atoms with E-state index in [1.807, 2.05) is 0 Å². The van der Waals surface area contributed by atoms with Crippen LogP contribution in [0.25, 0.3) is 0 Å². The molecular weight excluding hydrogens is 268 g/mol. The molecule has 5 nitrogen and oxygen atoms in total. The zero-order valence-corrected chi connectivity index (χ0v) is 11.6. The van der Waals surface area contributed by atoms with Crippen LogP contribution in [0.5, 0.6) is 5.75 Å². The lowest BCUT2D eigenvalue weighted by atomic mass is 10.1. The summed E-state index contributed by atoms with van der Waals surface area (Å²) in [4.78, 5) is 23.5. The highest BCUT2D eigenvalue weighted by Crippen LogP contribution is 2.22. The van der Waals surface area contributed by atoms with E-state index in [0.717, 1.165) is 0 Å². The molecule has 2 aromatic carbocycles. The number of hydrogen-bond donors (Lipinski definition) is 3. The Balaban J connectivity index is 2.14. The molecule has 0 radical (unpaired) electrons. The van der Waals surface area contributed by atoms with Crippen LogP contribution in [-0.4, -0.2) is 16.9 Å². The second-order valence-electron chi connectivity index (χ2n) is 4.45. The molecule has 2 amide bonds. The molecule has 0 aliphatic heterocycles. The van der Waals surface area contributed by atoms with Gasteiger partial charge in [0, 0.05) is 17.7 Å². The van der Waals surface area contributed by atoms with Crippen LogP contribution in [0.1, 0.15) is 23.7 Å². The van der Waals surface area contributed by atoms with Gasteiger partial charge < -0.3 is 15.7 Å². The van der Waals surface area contributed by atoms with Gasteiger partial charge in [-0.15, -0.1) is 0 Å². The molecule has 2 aromatic rings. The SMILES string of the molecule is CCC(=O)Nc1cccc(C(=O)Nc2ccccc2O)c1. The van der Waals surface area contributed by atoms with Crippen LogP contribution in [0.15, 0.2) is 48.5 Å². The molecule has 0 unspecified atom stereocenters. The highest BCUT2D eigenvalue weighted by atomic mass is 16.3. The van der Waals surface area contributed by atoms with Crippen LogP contribution in [0, 0.1) is 0 Å². The Bertz CT molecular complexity index is 668. The fraction of sp³-hybridized carbons (Fsp3) is 0.125. The van der Waals surface area contributed by atoms with Crippen molar-refractivity contribution in [1.29, 1.82) is 0 Å². The van der Waals surface area contributed by atoms with E-state index in [1.54, 1.807) is 49.4 Å². The van der Waals surface area contributed by atoms with Crippen LogP contribution in [-0.2, 0) is 4.79 Å². The van der Waals surface area contributed by atoms with Crippen LogP contribution in [0.4, 0.5) is 11.4 Å². The standard InChI is InChI=1S/C16H16N2O3/c1-2-15(20)17-12-7-5-6-11(10-12)16(21)18-13-8-3-4-9-14(13)19/h3-10,19H,2H2,1H3,(H,17,20)(H,18,21). The number of benzene rings is 2. The number of carbonyl (C=O) groups excluding carboxylic acids is 2. The molecule has 0 fully saturated rings. The molecule has 3 N–H and O–H groups in total. The van der Waals surface area contributed by atoms with Crippen LogP contribution >= 0.6 is 0 Å². The second-order valence-corrected chi connectivity index (χ2v) is 4.45. The molecule has 0 aliphatic rings. The Morgan fingerprint density at radius 1 is 1.05 bits per heavy atom. The van der Waals surface area contributed by atoms with Crippen molar-refractivity contribution in [2.45, 2.75) is 13.3 Å². The van der Waals surface area contributed by atoms with Crippen molar-refractivity contribution >= 4 is 23.2 Å². The number of aromatic hydroxyl groups is 1. The second kappa shape index (κ2) is 6.56.